The molecule has 0 saturated heterocycles. The highest BCUT2D eigenvalue weighted by Crippen LogP contribution is 2.11. The van der Waals surface area contributed by atoms with E-state index in [1.807, 2.05) is 0 Å². The van der Waals surface area contributed by atoms with E-state index in [2.05, 4.69) is 9.97 Å². The fourth-order valence-electron chi connectivity index (χ4n) is 0.472. The summed E-state index contributed by atoms with van der Waals surface area (Å²) < 4.78 is 0. The number of aromatic amines is 1. The van der Waals surface area contributed by atoms with Gasteiger partial charge in [0.15, 0.2) is 0 Å². The molecule has 0 atom stereocenters. The fraction of sp³-hybridized carbons (Fsp3) is 0.400. The molecule has 1 rings (SSSR count). The molecule has 0 spiro atoms. The second-order valence-corrected chi connectivity index (χ2v) is 2.58. The summed E-state index contributed by atoms with van der Waals surface area (Å²) in [6.07, 6.45) is 3.38. The minimum absolute atomic E-state index is 0.0441. The Morgan fingerprint density at radius 2 is 2.67 bits per heavy atom. The van der Waals surface area contributed by atoms with Gasteiger partial charge in [0.25, 0.3) is 0 Å². The third kappa shape index (κ3) is 2.07. The van der Waals surface area contributed by atoms with Crippen molar-refractivity contribution >= 4 is 11.8 Å². The highest BCUT2D eigenvalue weighted by atomic mass is 32.2. The predicted octanol–water partition coefficient (Wildman–Crippen LogP) is 0.932. The van der Waals surface area contributed by atoms with E-state index in [0.29, 0.717) is 5.75 Å². The Morgan fingerprint density at radius 3 is 3.22 bits per heavy atom. The first kappa shape index (κ1) is 6.64. The predicted molar refractivity (Wildman–Crippen MR) is 34.9 cm³/mol. The summed E-state index contributed by atoms with van der Waals surface area (Å²) in [4.78, 5) is 6.73. The van der Waals surface area contributed by atoms with Gasteiger partial charge in [0.2, 0.25) is 0 Å². The molecule has 1 heterocycles. The third-order valence-corrected chi connectivity index (χ3v) is 1.70. The third-order valence-electron chi connectivity index (χ3n) is 0.806. The number of aromatic nitrogens is 2. The lowest BCUT2D eigenvalue weighted by Crippen LogP contribution is -1.82. The number of nitrogens with zero attached hydrogens (tertiary/aromatic N) is 1. The summed E-state index contributed by atoms with van der Waals surface area (Å²) in [5.74, 6) is 0.602. The van der Waals surface area contributed by atoms with Gasteiger partial charge < -0.3 is 4.98 Å². The van der Waals surface area contributed by atoms with Gasteiger partial charge >= 0.3 is 0 Å². The Balaban J connectivity index is 2.30. The van der Waals surface area contributed by atoms with Crippen LogP contribution in [0.25, 0.3) is 0 Å². The van der Waals surface area contributed by atoms with Gasteiger partial charge in [-0.15, -0.1) is 11.8 Å². The molecule has 1 radical (unpaired) electrons. The van der Waals surface area contributed by atoms with E-state index in [1.54, 1.807) is 12.5 Å². The van der Waals surface area contributed by atoms with Crippen LogP contribution in [0.5, 0.6) is 0 Å². The summed E-state index contributed by atoms with van der Waals surface area (Å²) in [6.45, 7) is -0.0441. The summed E-state index contributed by atoms with van der Waals surface area (Å²) >= 11 is 1.47. The maximum atomic E-state index is 9.97. The van der Waals surface area contributed by atoms with Crippen molar-refractivity contribution in [1.29, 1.82) is 0 Å². The Bertz CT molecular complexity index is 152. The second-order valence-electron chi connectivity index (χ2n) is 1.46. The molecule has 0 saturated carbocycles. The highest BCUT2D eigenvalue weighted by Gasteiger charge is 1.92. The number of nitrogens with one attached hydrogen (secondary N) is 1. The van der Waals surface area contributed by atoms with Crippen LogP contribution < -0.4 is 0 Å². The molecule has 0 unspecified atom stereocenters. The molecule has 4 heteroatoms. The largest absolute Gasteiger partial charge is 0.350 e. The molecule has 0 aliphatic carbocycles. The molecule has 0 aliphatic heterocycles. The topological polar surface area (TPSA) is 48.6 Å². The van der Waals surface area contributed by atoms with Crippen molar-refractivity contribution in [2.75, 3.05) is 12.4 Å². The van der Waals surface area contributed by atoms with Crippen molar-refractivity contribution in [1.82, 2.24) is 9.97 Å². The van der Waals surface area contributed by atoms with Crippen LogP contribution in [0.4, 0.5) is 0 Å². The minimum Gasteiger partial charge on any atom is -0.350 e. The van der Waals surface area contributed by atoms with Crippen LogP contribution in [0.3, 0.4) is 0 Å². The lowest BCUT2D eigenvalue weighted by molar-refractivity contribution is 0.215. The van der Waals surface area contributed by atoms with E-state index in [4.69, 9.17) is 0 Å². The first-order valence-corrected chi connectivity index (χ1v) is 3.61. The molecule has 1 N–H and O–H groups in total. The van der Waals surface area contributed by atoms with Gasteiger partial charge in [0, 0.05) is 11.9 Å². The van der Waals surface area contributed by atoms with Crippen LogP contribution in [0.2, 0.25) is 0 Å². The molecular weight excluding hydrogens is 136 g/mol. The normalized spacial score (nSPS) is 9.89. The molecule has 9 heavy (non-hydrogen) atoms. The molecule has 0 bridgehead atoms. The summed E-state index contributed by atoms with van der Waals surface area (Å²) in [5, 5.41) is 10.9. The zero-order valence-electron chi connectivity index (χ0n) is 4.83. The van der Waals surface area contributed by atoms with Gasteiger partial charge in [-0.1, -0.05) is 0 Å². The van der Waals surface area contributed by atoms with E-state index in [0.717, 1.165) is 5.03 Å². The molecule has 1 aromatic rings. The average Bonchev–Trinajstić information content (AvgIpc) is 2.34. The molecular formula is C5H7N2OS. The lowest BCUT2D eigenvalue weighted by Gasteiger charge is -1.87. The molecule has 1 aromatic heterocycles. The first-order valence-electron chi connectivity index (χ1n) is 2.63. The Labute approximate surface area is 57.5 Å². The van der Waals surface area contributed by atoms with Gasteiger partial charge in [-0.2, -0.15) is 0 Å². The lowest BCUT2D eigenvalue weighted by atomic mass is 10.9. The second kappa shape index (κ2) is 3.53. The van der Waals surface area contributed by atoms with E-state index in [1.165, 1.54) is 11.8 Å². The quantitative estimate of drug-likeness (QED) is 0.640. The number of thioether (sulfide) groups is 1. The Kier molecular flexibility index (Phi) is 2.60. The molecule has 0 aromatic carbocycles. The first-order chi connectivity index (χ1) is 4.43. The SMILES string of the molecule is [O]CCSc1c[nH]cn1. The Hall–Kier alpha value is -0.480. The van der Waals surface area contributed by atoms with Gasteiger partial charge in [0.1, 0.15) is 5.03 Å². The number of imidazole rings is 1. The highest BCUT2D eigenvalue weighted by molar-refractivity contribution is 7.99. The van der Waals surface area contributed by atoms with Crippen LogP contribution in [-0.2, 0) is 5.11 Å². The molecule has 0 aliphatic rings. The van der Waals surface area contributed by atoms with Gasteiger partial charge in [0.05, 0.1) is 12.9 Å². The monoisotopic (exact) mass is 143 g/mol. The number of rotatable bonds is 3. The maximum absolute atomic E-state index is 9.97. The van der Waals surface area contributed by atoms with Crippen molar-refractivity contribution < 1.29 is 5.11 Å². The molecule has 0 amide bonds. The Morgan fingerprint density at radius 1 is 1.78 bits per heavy atom. The van der Waals surface area contributed by atoms with Gasteiger partial charge in [-0.05, 0) is 0 Å². The van der Waals surface area contributed by atoms with Crippen LogP contribution in [-0.4, -0.2) is 22.3 Å². The summed E-state index contributed by atoms with van der Waals surface area (Å²) in [7, 11) is 0. The fourth-order valence-corrected chi connectivity index (χ4v) is 1.04. The smallest absolute Gasteiger partial charge is 0.114 e. The van der Waals surface area contributed by atoms with Crippen LogP contribution in [0.1, 0.15) is 0 Å². The van der Waals surface area contributed by atoms with Gasteiger partial charge in [-0.25, -0.2) is 10.1 Å². The zero-order chi connectivity index (χ0) is 6.53. The number of H-pyrrole nitrogens is 1. The standard InChI is InChI=1S/C5H7N2OS/c8-1-2-9-5-3-6-4-7-5/h3-4H,1-2H2,(H,6,7). The number of hydrogen-bond donors (Lipinski definition) is 1. The van der Waals surface area contributed by atoms with E-state index in [-0.39, 0.29) is 6.61 Å². The summed E-state index contributed by atoms with van der Waals surface area (Å²) in [5.41, 5.74) is 0. The van der Waals surface area contributed by atoms with Crippen LogP contribution in [0, 0.1) is 0 Å². The summed E-state index contributed by atoms with van der Waals surface area (Å²) in [6, 6.07) is 0. The van der Waals surface area contributed by atoms with Crippen molar-refractivity contribution in [3.05, 3.63) is 12.5 Å². The van der Waals surface area contributed by atoms with E-state index < -0.39 is 0 Å². The zero-order valence-corrected chi connectivity index (χ0v) is 5.65. The maximum Gasteiger partial charge on any atom is 0.114 e. The average molecular weight is 143 g/mol. The molecule has 3 nitrogen and oxygen atoms in total. The van der Waals surface area contributed by atoms with Crippen LogP contribution >= 0.6 is 11.8 Å². The van der Waals surface area contributed by atoms with E-state index >= 15 is 0 Å². The number of hydrogen-bond acceptors (Lipinski definition) is 2. The van der Waals surface area contributed by atoms with Crippen molar-refractivity contribution in [3.63, 3.8) is 0 Å². The van der Waals surface area contributed by atoms with Gasteiger partial charge in [-0.3, -0.25) is 0 Å². The van der Waals surface area contributed by atoms with Crippen molar-refractivity contribution in [3.8, 4) is 0 Å². The molecule has 49 valence electrons. The van der Waals surface area contributed by atoms with Crippen LogP contribution in [0.15, 0.2) is 17.6 Å². The van der Waals surface area contributed by atoms with E-state index in [9.17, 15) is 5.11 Å². The minimum atomic E-state index is -0.0441. The van der Waals surface area contributed by atoms with Crippen molar-refractivity contribution in [2.24, 2.45) is 0 Å². The molecule has 0 fully saturated rings. The van der Waals surface area contributed by atoms with Crippen molar-refractivity contribution in [2.45, 2.75) is 5.03 Å².